The number of nitrogens with zero attached hydrogens (tertiary/aromatic N) is 7. The molecular formula is C9H7N7O2S. The van der Waals surface area contributed by atoms with Crippen LogP contribution in [0.3, 0.4) is 0 Å². The molecule has 10 heteroatoms. The Morgan fingerprint density at radius 2 is 2.32 bits per heavy atom. The highest BCUT2D eigenvalue weighted by Gasteiger charge is 2.12. The lowest BCUT2D eigenvalue weighted by Gasteiger charge is -2.01. The van der Waals surface area contributed by atoms with Crippen molar-refractivity contribution < 1.29 is 9.90 Å². The molecule has 1 N–H and O–H groups in total. The summed E-state index contributed by atoms with van der Waals surface area (Å²) in [5, 5.41) is 24.6. The third kappa shape index (κ3) is 2.38. The Bertz CT molecular complexity index is 737. The van der Waals surface area contributed by atoms with Crippen LogP contribution in [0.15, 0.2) is 34.7 Å². The van der Waals surface area contributed by atoms with E-state index in [-0.39, 0.29) is 6.54 Å². The molecule has 96 valence electrons. The Hall–Kier alpha value is -2.49. The second kappa shape index (κ2) is 4.65. The van der Waals surface area contributed by atoms with Gasteiger partial charge in [0.2, 0.25) is 5.16 Å². The van der Waals surface area contributed by atoms with Gasteiger partial charge in [0.1, 0.15) is 11.6 Å². The second-order valence-electron chi connectivity index (χ2n) is 3.51. The number of fused-ring (bicyclic) bond motifs is 1. The summed E-state index contributed by atoms with van der Waals surface area (Å²) < 4.78 is 2.83. The van der Waals surface area contributed by atoms with E-state index in [1.54, 1.807) is 29.0 Å². The molecule has 0 unspecified atom stereocenters. The Balaban J connectivity index is 1.87. The first kappa shape index (κ1) is 11.6. The summed E-state index contributed by atoms with van der Waals surface area (Å²) >= 11 is 1.19. The van der Waals surface area contributed by atoms with Gasteiger partial charge in [-0.25, -0.2) is 14.2 Å². The number of tetrazole rings is 1. The second-order valence-corrected chi connectivity index (χ2v) is 4.50. The average Bonchev–Trinajstić information content (AvgIpc) is 2.98. The van der Waals surface area contributed by atoms with Gasteiger partial charge < -0.3 is 5.11 Å². The molecule has 3 rings (SSSR count). The van der Waals surface area contributed by atoms with Gasteiger partial charge in [-0.05, 0) is 28.3 Å². The van der Waals surface area contributed by atoms with Crippen molar-refractivity contribution in [3.8, 4) is 0 Å². The lowest BCUT2D eigenvalue weighted by molar-refractivity contribution is -0.138. The largest absolute Gasteiger partial charge is 0.480 e. The third-order valence-corrected chi connectivity index (χ3v) is 3.12. The molecule has 3 aromatic rings. The van der Waals surface area contributed by atoms with Crippen LogP contribution in [0.5, 0.6) is 0 Å². The minimum absolute atomic E-state index is 0.287. The normalized spacial score (nSPS) is 10.9. The van der Waals surface area contributed by atoms with Crippen molar-refractivity contribution in [2.24, 2.45) is 0 Å². The Labute approximate surface area is 110 Å². The first-order chi connectivity index (χ1) is 9.22. The summed E-state index contributed by atoms with van der Waals surface area (Å²) in [6.07, 6.45) is 3.40. The monoisotopic (exact) mass is 277 g/mol. The van der Waals surface area contributed by atoms with Crippen LogP contribution in [0.25, 0.3) is 5.65 Å². The molecule has 0 aliphatic carbocycles. The SMILES string of the molecule is O=C(O)Cn1nnnc1Sc1ccn2nccc2n1. The fourth-order valence-corrected chi connectivity index (χ4v) is 2.18. The molecule has 0 saturated heterocycles. The molecule has 0 atom stereocenters. The molecule has 0 aliphatic rings. The number of carboxylic acid groups (broad SMARTS) is 1. The van der Waals surface area contributed by atoms with Crippen LogP contribution in [0.2, 0.25) is 0 Å². The van der Waals surface area contributed by atoms with Crippen molar-refractivity contribution in [1.29, 1.82) is 0 Å². The van der Waals surface area contributed by atoms with Crippen LogP contribution < -0.4 is 0 Å². The van der Waals surface area contributed by atoms with E-state index in [0.29, 0.717) is 15.8 Å². The van der Waals surface area contributed by atoms with Gasteiger partial charge in [-0.15, -0.1) is 5.10 Å². The summed E-state index contributed by atoms with van der Waals surface area (Å²) in [6, 6.07) is 3.52. The molecule has 0 fully saturated rings. The van der Waals surface area contributed by atoms with Crippen molar-refractivity contribution in [3.63, 3.8) is 0 Å². The topological polar surface area (TPSA) is 111 Å². The summed E-state index contributed by atoms with van der Waals surface area (Å²) in [5.74, 6) is -1.01. The summed E-state index contributed by atoms with van der Waals surface area (Å²) in [7, 11) is 0. The van der Waals surface area contributed by atoms with E-state index in [2.05, 4.69) is 25.6 Å². The van der Waals surface area contributed by atoms with Crippen molar-refractivity contribution in [1.82, 2.24) is 34.8 Å². The minimum Gasteiger partial charge on any atom is -0.480 e. The Kier molecular flexibility index (Phi) is 2.83. The molecule has 9 nitrogen and oxygen atoms in total. The van der Waals surface area contributed by atoms with E-state index in [1.165, 1.54) is 16.4 Å². The number of aliphatic carboxylic acids is 1. The zero-order valence-corrected chi connectivity index (χ0v) is 10.2. The zero-order chi connectivity index (χ0) is 13.2. The van der Waals surface area contributed by atoms with Crippen LogP contribution >= 0.6 is 11.8 Å². The molecule has 3 aromatic heterocycles. The van der Waals surface area contributed by atoms with Crippen LogP contribution in [0.4, 0.5) is 0 Å². The summed E-state index contributed by atoms with van der Waals surface area (Å²) in [4.78, 5) is 15.0. The van der Waals surface area contributed by atoms with E-state index in [9.17, 15) is 4.79 Å². The van der Waals surface area contributed by atoms with Crippen LogP contribution in [-0.2, 0) is 11.3 Å². The van der Waals surface area contributed by atoms with Gasteiger partial charge in [-0.1, -0.05) is 0 Å². The van der Waals surface area contributed by atoms with Crippen LogP contribution in [-0.4, -0.2) is 45.9 Å². The van der Waals surface area contributed by atoms with Crippen molar-refractivity contribution in [2.75, 3.05) is 0 Å². The lowest BCUT2D eigenvalue weighted by Crippen LogP contribution is -2.11. The molecule has 3 heterocycles. The van der Waals surface area contributed by atoms with Gasteiger partial charge in [0.15, 0.2) is 5.65 Å². The number of hydrogen-bond donors (Lipinski definition) is 1. The number of carboxylic acids is 1. The molecule has 0 saturated carbocycles. The van der Waals surface area contributed by atoms with E-state index in [1.807, 2.05) is 0 Å². The molecule has 0 amide bonds. The first-order valence-electron chi connectivity index (χ1n) is 5.18. The van der Waals surface area contributed by atoms with Gasteiger partial charge in [0, 0.05) is 12.3 Å². The third-order valence-electron chi connectivity index (χ3n) is 2.21. The average molecular weight is 277 g/mol. The zero-order valence-electron chi connectivity index (χ0n) is 9.41. The van der Waals surface area contributed by atoms with Crippen molar-refractivity contribution in [2.45, 2.75) is 16.7 Å². The Morgan fingerprint density at radius 3 is 3.16 bits per heavy atom. The summed E-state index contributed by atoms with van der Waals surface area (Å²) in [5.41, 5.74) is 0.697. The summed E-state index contributed by atoms with van der Waals surface area (Å²) in [6.45, 7) is -0.287. The highest BCUT2D eigenvalue weighted by atomic mass is 32.2. The molecule has 0 bridgehead atoms. The molecule has 0 spiro atoms. The molecule has 0 aromatic carbocycles. The van der Waals surface area contributed by atoms with Crippen molar-refractivity contribution in [3.05, 3.63) is 24.5 Å². The van der Waals surface area contributed by atoms with Crippen LogP contribution in [0, 0.1) is 0 Å². The van der Waals surface area contributed by atoms with Gasteiger partial charge in [-0.3, -0.25) is 4.79 Å². The molecular weight excluding hydrogens is 270 g/mol. The number of hydrogen-bond acceptors (Lipinski definition) is 7. The van der Waals surface area contributed by atoms with Gasteiger partial charge in [0.05, 0.1) is 6.20 Å². The molecule has 0 aliphatic heterocycles. The van der Waals surface area contributed by atoms with Crippen molar-refractivity contribution >= 4 is 23.4 Å². The fraction of sp³-hybridized carbons (Fsp3) is 0.111. The number of rotatable bonds is 4. The molecule has 0 radical (unpaired) electrons. The maximum Gasteiger partial charge on any atom is 0.325 e. The molecule has 19 heavy (non-hydrogen) atoms. The van der Waals surface area contributed by atoms with E-state index in [0.717, 1.165) is 0 Å². The standard InChI is InChI=1S/C9H7N7O2S/c17-8(18)5-16-9(12-13-14-16)19-7-2-4-15-6(11-7)1-3-10-15/h1-4H,5H2,(H,17,18). The van der Waals surface area contributed by atoms with E-state index < -0.39 is 5.97 Å². The van der Waals surface area contributed by atoms with Gasteiger partial charge in [0.25, 0.3) is 0 Å². The first-order valence-corrected chi connectivity index (χ1v) is 6.00. The number of aromatic nitrogens is 7. The highest BCUT2D eigenvalue weighted by molar-refractivity contribution is 7.99. The van der Waals surface area contributed by atoms with Gasteiger partial charge >= 0.3 is 5.97 Å². The van der Waals surface area contributed by atoms with E-state index in [4.69, 9.17) is 5.11 Å². The smallest absolute Gasteiger partial charge is 0.325 e. The minimum atomic E-state index is -1.01. The number of carbonyl (C=O) groups is 1. The fourth-order valence-electron chi connectivity index (χ4n) is 1.44. The maximum absolute atomic E-state index is 10.7. The predicted molar refractivity (Wildman–Crippen MR) is 62.6 cm³/mol. The Morgan fingerprint density at radius 1 is 1.42 bits per heavy atom. The van der Waals surface area contributed by atoms with Gasteiger partial charge in [-0.2, -0.15) is 5.10 Å². The van der Waals surface area contributed by atoms with E-state index >= 15 is 0 Å². The van der Waals surface area contributed by atoms with Crippen LogP contribution in [0.1, 0.15) is 0 Å². The highest BCUT2D eigenvalue weighted by Crippen LogP contribution is 2.23. The predicted octanol–water partition coefficient (Wildman–Crippen LogP) is -0.0484. The lowest BCUT2D eigenvalue weighted by atomic mass is 10.6. The maximum atomic E-state index is 10.7. The quantitative estimate of drug-likeness (QED) is 0.661.